The molecule has 0 saturated carbocycles. The van der Waals surface area contributed by atoms with Crippen LogP contribution >= 0.6 is 0 Å². The van der Waals surface area contributed by atoms with E-state index in [9.17, 15) is 0 Å². The van der Waals surface area contributed by atoms with Crippen molar-refractivity contribution in [2.75, 3.05) is 12.8 Å². The van der Waals surface area contributed by atoms with Crippen LogP contribution in [-0.4, -0.2) is 26.9 Å². The van der Waals surface area contributed by atoms with Gasteiger partial charge in [0.1, 0.15) is 12.1 Å². The van der Waals surface area contributed by atoms with E-state index in [0.717, 1.165) is 17.1 Å². The van der Waals surface area contributed by atoms with Gasteiger partial charge in [-0.2, -0.15) is 0 Å². The summed E-state index contributed by atoms with van der Waals surface area (Å²) >= 11 is 0. The van der Waals surface area contributed by atoms with Gasteiger partial charge in [-0.1, -0.05) is 0 Å². The second-order valence-electron chi connectivity index (χ2n) is 3.44. The molecule has 0 aliphatic rings. The fourth-order valence-electron chi connectivity index (χ4n) is 1.45. The van der Waals surface area contributed by atoms with Crippen molar-refractivity contribution in [2.45, 2.75) is 13.5 Å². The summed E-state index contributed by atoms with van der Waals surface area (Å²) in [5.74, 6) is 1.05. The number of aryl methyl sites for hydroxylation is 1. The lowest BCUT2D eigenvalue weighted by molar-refractivity contribution is 0.412. The molecule has 16 heavy (non-hydrogen) atoms. The van der Waals surface area contributed by atoms with Crippen LogP contribution in [0.1, 0.15) is 11.4 Å². The third-order valence-corrected chi connectivity index (χ3v) is 2.09. The summed E-state index contributed by atoms with van der Waals surface area (Å²) in [7, 11) is 1.63. The van der Waals surface area contributed by atoms with E-state index >= 15 is 0 Å². The number of pyridine rings is 1. The van der Waals surface area contributed by atoms with E-state index < -0.39 is 0 Å². The van der Waals surface area contributed by atoms with Crippen molar-refractivity contribution in [1.82, 2.24) is 19.7 Å². The molecule has 0 amide bonds. The lowest BCUT2D eigenvalue weighted by atomic mass is 10.3. The van der Waals surface area contributed by atoms with Crippen molar-refractivity contribution in [3.8, 4) is 5.75 Å². The molecule has 0 unspecified atom stereocenters. The maximum absolute atomic E-state index is 5.43. The molecule has 2 N–H and O–H groups in total. The fraction of sp³-hybridized carbons (Fsp3) is 0.300. The molecule has 2 rings (SSSR count). The summed E-state index contributed by atoms with van der Waals surface area (Å²) in [5.41, 5.74) is 7.20. The van der Waals surface area contributed by atoms with Crippen molar-refractivity contribution in [3.05, 3.63) is 29.8 Å². The Balaban J connectivity index is 2.24. The number of ether oxygens (including phenoxy) is 1. The fourth-order valence-corrected chi connectivity index (χ4v) is 1.45. The van der Waals surface area contributed by atoms with E-state index in [2.05, 4.69) is 15.1 Å². The number of nitrogens with two attached hydrogens (primary N) is 1. The SMILES string of the molecule is COc1cc(C)nc(Cn2cnc(N)n2)c1. The minimum Gasteiger partial charge on any atom is -0.497 e. The molecule has 0 atom stereocenters. The second-order valence-corrected chi connectivity index (χ2v) is 3.44. The summed E-state index contributed by atoms with van der Waals surface area (Å²) < 4.78 is 6.80. The van der Waals surface area contributed by atoms with E-state index in [-0.39, 0.29) is 5.95 Å². The maximum Gasteiger partial charge on any atom is 0.239 e. The summed E-state index contributed by atoms with van der Waals surface area (Å²) in [6.07, 6.45) is 1.58. The first-order valence-electron chi connectivity index (χ1n) is 4.84. The first-order valence-corrected chi connectivity index (χ1v) is 4.84. The zero-order valence-electron chi connectivity index (χ0n) is 9.21. The molecular formula is C10H13N5O. The van der Waals surface area contributed by atoms with Gasteiger partial charge in [0.05, 0.1) is 19.3 Å². The molecule has 6 heteroatoms. The number of anilines is 1. The molecule has 0 aromatic carbocycles. The van der Waals surface area contributed by atoms with Crippen molar-refractivity contribution in [3.63, 3.8) is 0 Å². The van der Waals surface area contributed by atoms with Gasteiger partial charge in [-0.05, 0) is 6.92 Å². The van der Waals surface area contributed by atoms with E-state index in [1.807, 2.05) is 19.1 Å². The molecule has 84 valence electrons. The van der Waals surface area contributed by atoms with Gasteiger partial charge in [-0.25, -0.2) is 9.67 Å². The van der Waals surface area contributed by atoms with E-state index in [1.165, 1.54) is 0 Å². The molecule has 0 radical (unpaired) electrons. The summed E-state index contributed by atoms with van der Waals surface area (Å²) in [6.45, 7) is 2.45. The Hall–Kier alpha value is -2.11. The van der Waals surface area contributed by atoms with Gasteiger partial charge in [0, 0.05) is 17.8 Å². The van der Waals surface area contributed by atoms with Crippen molar-refractivity contribution in [2.24, 2.45) is 0 Å². The Morgan fingerprint density at radius 3 is 2.88 bits per heavy atom. The zero-order valence-corrected chi connectivity index (χ0v) is 9.21. The quantitative estimate of drug-likeness (QED) is 0.818. The zero-order chi connectivity index (χ0) is 11.5. The van der Waals surface area contributed by atoms with Gasteiger partial charge >= 0.3 is 0 Å². The summed E-state index contributed by atoms with van der Waals surface area (Å²) in [5, 5.41) is 3.99. The third kappa shape index (κ3) is 2.28. The number of rotatable bonds is 3. The van der Waals surface area contributed by atoms with Crippen LogP contribution in [0.25, 0.3) is 0 Å². The van der Waals surface area contributed by atoms with Crippen LogP contribution in [0.15, 0.2) is 18.5 Å². The lowest BCUT2D eigenvalue weighted by Gasteiger charge is -2.05. The highest BCUT2D eigenvalue weighted by molar-refractivity contribution is 5.26. The molecule has 6 nitrogen and oxygen atoms in total. The van der Waals surface area contributed by atoms with Crippen LogP contribution in [0.2, 0.25) is 0 Å². The predicted octanol–water partition coefficient (Wildman–Crippen LogP) is 0.621. The van der Waals surface area contributed by atoms with Crippen molar-refractivity contribution < 1.29 is 4.74 Å². The van der Waals surface area contributed by atoms with Gasteiger partial charge in [-0.15, -0.1) is 5.10 Å². The monoisotopic (exact) mass is 219 g/mol. The van der Waals surface area contributed by atoms with Crippen molar-refractivity contribution in [1.29, 1.82) is 0 Å². The van der Waals surface area contributed by atoms with E-state index in [0.29, 0.717) is 6.54 Å². The molecule has 0 bridgehead atoms. The molecule has 0 fully saturated rings. The molecule has 0 saturated heterocycles. The van der Waals surface area contributed by atoms with Gasteiger partial charge in [-0.3, -0.25) is 4.98 Å². The van der Waals surface area contributed by atoms with E-state index in [1.54, 1.807) is 18.1 Å². The molecule has 2 heterocycles. The Morgan fingerprint density at radius 2 is 2.25 bits per heavy atom. The average molecular weight is 219 g/mol. The van der Waals surface area contributed by atoms with Gasteiger partial charge in [0.15, 0.2) is 0 Å². The van der Waals surface area contributed by atoms with Gasteiger partial charge in [0.2, 0.25) is 5.95 Å². The average Bonchev–Trinajstić information content (AvgIpc) is 2.63. The maximum atomic E-state index is 5.43. The normalized spacial score (nSPS) is 10.4. The third-order valence-electron chi connectivity index (χ3n) is 2.09. The number of hydrogen-bond acceptors (Lipinski definition) is 5. The van der Waals surface area contributed by atoms with Gasteiger partial charge < -0.3 is 10.5 Å². The minimum absolute atomic E-state index is 0.264. The van der Waals surface area contributed by atoms with Crippen LogP contribution in [0, 0.1) is 6.92 Å². The highest BCUT2D eigenvalue weighted by Crippen LogP contribution is 2.13. The first-order chi connectivity index (χ1) is 7.67. The Kier molecular flexibility index (Phi) is 2.72. The highest BCUT2D eigenvalue weighted by atomic mass is 16.5. The minimum atomic E-state index is 0.264. The molecule has 0 aliphatic carbocycles. The molecule has 0 aliphatic heterocycles. The smallest absolute Gasteiger partial charge is 0.239 e. The number of methoxy groups -OCH3 is 1. The number of aromatic nitrogens is 4. The lowest BCUT2D eigenvalue weighted by Crippen LogP contribution is -2.04. The van der Waals surface area contributed by atoms with Gasteiger partial charge in [0.25, 0.3) is 0 Å². The molecule has 2 aromatic rings. The van der Waals surface area contributed by atoms with E-state index in [4.69, 9.17) is 10.5 Å². The van der Waals surface area contributed by atoms with Crippen LogP contribution in [0.5, 0.6) is 5.75 Å². The number of nitrogens with zero attached hydrogens (tertiary/aromatic N) is 4. The standard InChI is InChI=1S/C10H13N5O/c1-7-3-9(16-2)4-8(13-7)5-15-6-12-10(11)14-15/h3-4,6H,5H2,1-2H3,(H2,11,14). The Morgan fingerprint density at radius 1 is 1.44 bits per heavy atom. The Labute approximate surface area is 93.1 Å². The van der Waals surface area contributed by atoms with Crippen molar-refractivity contribution >= 4 is 5.95 Å². The van der Waals surface area contributed by atoms with Crippen LogP contribution in [0.3, 0.4) is 0 Å². The number of nitrogen functional groups attached to an aromatic ring is 1. The summed E-state index contributed by atoms with van der Waals surface area (Å²) in [6, 6.07) is 3.74. The highest BCUT2D eigenvalue weighted by Gasteiger charge is 2.03. The van der Waals surface area contributed by atoms with Crippen LogP contribution in [-0.2, 0) is 6.54 Å². The summed E-state index contributed by atoms with van der Waals surface area (Å²) in [4.78, 5) is 8.23. The first kappa shape index (κ1) is 10.4. The molecule has 0 spiro atoms. The molecule has 2 aromatic heterocycles. The van der Waals surface area contributed by atoms with Crippen LogP contribution < -0.4 is 10.5 Å². The largest absolute Gasteiger partial charge is 0.497 e. The Bertz CT molecular complexity index is 494. The predicted molar refractivity (Wildman–Crippen MR) is 59.1 cm³/mol. The number of hydrogen-bond donors (Lipinski definition) is 1. The van der Waals surface area contributed by atoms with Crippen LogP contribution in [0.4, 0.5) is 5.95 Å². The topological polar surface area (TPSA) is 78.8 Å². The molecular weight excluding hydrogens is 206 g/mol. The second kappa shape index (κ2) is 4.18.